The zero-order valence-electron chi connectivity index (χ0n) is 15.2. The first kappa shape index (κ1) is 17.1. The van der Waals surface area contributed by atoms with Gasteiger partial charge >= 0.3 is 0 Å². The van der Waals surface area contributed by atoms with Crippen LogP contribution >= 0.6 is 0 Å². The van der Waals surface area contributed by atoms with Gasteiger partial charge in [0.1, 0.15) is 16.9 Å². The topological polar surface area (TPSA) is 89.0 Å². The summed E-state index contributed by atoms with van der Waals surface area (Å²) in [5.74, 6) is -0.399. The summed E-state index contributed by atoms with van der Waals surface area (Å²) in [5, 5.41) is 13.4. The Morgan fingerprint density at radius 1 is 1.18 bits per heavy atom. The molecule has 0 saturated heterocycles. The second-order valence-electron chi connectivity index (χ2n) is 7.29. The first-order valence-corrected chi connectivity index (χ1v) is 9.46. The molecule has 0 aliphatic heterocycles. The van der Waals surface area contributed by atoms with E-state index in [1.807, 2.05) is 22.8 Å². The number of imidazole rings is 1. The molecule has 8 heteroatoms. The van der Waals surface area contributed by atoms with Gasteiger partial charge in [0, 0.05) is 6.07 Å². The Morgan fingerprint density at radius 2 is 2.07 bits per heavy atom. The number of anilines is 1. The van der Waals surface area contributed by atoms with E-state index in [1.165, 1.54) is 12.3 Å². The van der Waals surface area contributed by atoms with Crippen molar-refractivity contribution < 1.29 is 13.9 Å². The van der Waals surface area contributed by atoms with Crippen molar-refractivity contribution in [3.8, 4) is 0 Å². The lowest BCUT2D eigenvalue weighted by Crippen LogP contribution is -2.36. The minimum Gasteiger partial charge on any atom is -0.424 e. The quantitative estimate of drug-likeness (QED) is 0.563. The number of aromatic nitrogens is 4. The molecule has 0 unspecified atom stereocenters. The first-order chi connectivity index (χ1) is 13.7. The van der Waals surface area contributed by atoms with Crippen molar-refractivity contribution in [3.05, 3.63) is 48.2 Å². The van der Waals surface area contributed by atoms with E-state index in [2.05, 4.69) is 20.3 Å². The van der Waals surface area contributed by atoms with E-state index >= 15 is 0 Å². The maximum Gasteiger partial charge on any atom is 0.295 e. The maximum absolute atomic E-state index is 13.3. The third kappa shape index (κ3) is 3.20. The van der Waals surface area contributed by atoms with Gasteiger partial charge in [0.25, 0.3) is 6.01 Å². The van der Waals surface area contributed by atoms with Gasteiger partial charge in [-0.25, -0.2) is 14.4 Å². The van der Waals surface area contributed by atoms with Crippen molar-refractivity contribution in [2.24, 2.45) is 0 Å². The van der Waals surface area contributed by atoms with E-state index in [0.717, 1.165) is 36.8 Å². The molecule has 4 aromatic rings. The number of hydrogen-bond donors (Lipinski definition) is 2. The second-order valence-corrected chi connectivity index (χ2v) is 7.29. The van der Waals surface area contributed by atoms with Crippen LogP contribution in [0, 0.1) is 5.82 Å². The van der Waals surface area contributed by atoms with Gasteiger partial charge in [-0.15, -0.1) is 0 Å². The molecular weight excluding hydrogens is 361 g/mol. The fourth-order valence-corrected chi connectivity index (χ4v) is 3.80. The smallest absolute Gasteiger partial charge is 0.295 e. The van der Waals surface area contributed by atoms with Crippen LogP contribution in [0.1, 0.15) is 31.2 Å². The Kier molecular flexibility index (Phi) is 4.20. The number of nitrogens with one attached hydrogen (secondary N) is 1. The number of pyridine rings is 1. The van der Waals surface area contributed by atoms with E-state index in [9.17, 15) is 9.50 Å². The summed E-state index contributed by atoms with van der Waals surface area (Å²) in [6, 6.07) is 7.59. The second kappa shape index (κ2) is 6.87. The van der Waals surface area contributed by atoms with Crippen molar-refractivity contribution in [2.45, 2.75) is 44.4 Å². The molecule has 2 atom stereocenters. The van der Waals surface area contributed by atoms with Gasteiger partial charge in [0.05, 0.1) is 31.2 Å². The molecule has 3 aromatic heterocycles. The van der Waals surface area contributed by atoms with Gasteiger partial charge in [0.2, 0.25) is 0 Å². The van der Waals surface area contributed by atoms with Crippen LogP contribution in [0.3, 0.4) is 0 Å². The number of fused-ring (bicyclic) bond motifs is 2. The SMILES string of the molecule is O[C@@H]1CCCC[C@H]1Nc1nc2ccc(Cn3cnc4cc(F)cnc43)cc2o1. The summed E-state index contributed by atoms with van der Waals surface area (Å²) >= 11 is 0. The van der Waals surface area contributed by atoms with Crippen LogP contribution in [0.15, 0.2) is 41.2 Å². The van der Waals surface area contributed by atoms with Crippen molar-refractivity contribution in [3.63, 3.8) is 0 Å². The average molecular weight is 381 g/mol. The third-order valence-corrected chi connectivity index (χ3v) is 5.27. The summed E-state index contributed by atoms with van der Waals surface area (Å²) in [6.45, 7) is 0.538. The molecule has 144 valence electrons. The predicted octanol–water partition coefficient (Wildman–Crippen LogP) is 3.48. The third-order valence-electron chi connectivity index (χ3n) is 5.27. The Bertz CT molecular complexity index is 1140. The minimum absolute atomic E-state index is 0.0231. The molecule has 0 amide bonds. The summed E-state index contributed by atoms with van der Waals surface area (Å²) in [5.41, 5.74) is 3.59. The Hall–Kier alpha value is -3.00. The van der Waals surface area contributed by atoms with Gasteiger partial charge in [-0.2, -0.15) is 4.98 Å². The standard InChI is InChI=1S/C20H20FN5O2/c21-13-8-16-19(22-9-13)26(11-23-16)10-12-5-6-15-18(7-12)28-20(25-15)24-14-3-1-2-4-17(14)27/h5-9,11,14,17,27H,1-4,10H2,(H,24,25)/t14-,17-/m1/s1. The van der Waals surface area contributed by atoms with E-state index < -0.39 is 5.82 Å². The van der Waals surface area contributed by atoms with E-state index in [0.29, 0.717) is 29.3 Å². The number of halogens is 1. The van der Waals surface area contributed by atoms with Gasteiger partial charge in [-0.1, -0.05) is 18.9 Å². The molecule has 28 heavy (non-hydrogen) atoms. The number of nitrogens with zero attached hydrogens (tertiary/aromatic N) is 4. The number of rotatable bonds is 4. The largest absolute Gasteiger partial charge is 0.424 e. The molecular formula is C20H20FN5O2. The first-order valence-electron chi connectivity index (χ1n) is 9.46. The van der Waals surface area contributed by atoms with Crippen LogP contribution in [0.4, 0.5) is 10.4 Å². The summed E-state index contributed by atoms with van der Waals surface area (Å²) in [4.78, 5) is 12.8. The van der Waals surface area contributed by atoms with E-state index in [1.54, 1.807) is 6.33 Å². The lowest BCUT2D eigenvalue weighted by Gasteiger charge is -2.27. The van der Waals surface area contributed by atoms with Crippen LogP contribution in [0.25, 0.3) is 22.3 Å². The number of benzene rings is 1. The zero-order valence-corrected chi connectivity index (χ0v) is 15.2. The Morgan fingerprint density at radius 3 is 2.96 bits per heavy atom. The number of aliphatic hydroxyl groups excluding tert-OH is 1. The monoisotopic (exact) mass is 381 g/mol. The highest BCUT2D eigenvalue weighted by Crippen LogP contribution is 2.25. The van der Waals surface area contributed by atoms with Gasteiger partial charge in [-0.05, 0) is 30.5 Å². The van der Waals surface area contributed by atoms with Crippen molar-refractivity contribution in [1.29, 1.82) is 0 Å². The number of hydrogen-bond acceptors (Lipinski definition) is 6. The van der Waals surface area contributed by atoms with E-state index in [-0.39, 0.29) is 12.1 Å². The van der Waals surface area contributed by atoms with E-state index in [4.69, 9.17) is 4.42 Å². The van der Waals surface area contributed by atoms with Gasteiger partial charge in [-0.3, -0.25) is 0 Å². The molecule has 3 heterocycles. The molecule has 5 rings (SSSR count). The van der Waals surface area contributed by atoms with Gasteiger partial charge < -0.3 is 19.4 Å². The molecule has 1 aliphatic carbocycles. The average Bonchev–Trinajstić information content (AvgIpc) is 3.26. The molecule has 1 saturated carbocycles. The van der Waals surface area contributed by atoms with Crippen LogP contribution < -0.4 is 5.32 Å². The normalized spacial score (nSPS) is 20.1. The summed E-state index contributed by atoms with van der Waals surface area (Å²) in [7, 11) is 0. The highest BCUT2D eigenvalue weighted by molar-refractivity contribution is 5.75. The van der Waals surface area contributed by atoms with Crippen molar-refractivity contribution in [1.82, 2.24) is 19.5 Å². The molecule has 1 aliphatic rings. The Labute approximate surface area is 160 Å². The highest BCUT2D eigenvalue weighted by atomic mass is 19.1. The lowest BCUT2D eigenvalue weighted by molar-refractivity contribution is 0.115. The van der Waals surface area contributed by atoms with Crippen LogP contribution in [0.5, 0.6) is 0 Å². The fraction of sp³-hybridized carbons (Fsp3) is 0.350. The number of oxazole rings is 1. The van der Waals surface area contributed by atoms with Crippen molar-refractivity contribution >= 4 is 28.3 Å². The predicted molar refractivity (Wildman–Crippen MR) is 102 cm³/mol. The van der Waals surface area contributed by atoms with Crippen LogP contribution in [-0.4, -0.2) is 36.8 Å². The molecule has 0 radical (unpaired) electrons. The van der Waals surface area contributed by atoms with Crippen molar-refractivity contribution in [2.75, 3.05) is 5.32 Å². The molecule has 0 spiro atoms. The summed E-state index contributed by atoms with van der Waals surface area (Å²) in [6.07, 6.45) is 6.34. The van der Waals surface area contributed by atoms with Crippen LogP contribution in [-0.2, 0) is 6.54 Å². The van der Waals surface area contributed by atoms with Crippen LogP contribution in [0.2, 0.25) is 0 Å². The fourth-order valence-electron chi connectivity index (χ4n) is 3.80. The van der Waals surface area contributed by atoms with Gasteiger partial charge in [0.15, 0.2) is 11.2 Å². The molecule has 1 fully saturated rings. The minimum atomic E-state index is -0.399. The lowest BCUT2D eigenvalue weighted by atomic mass is 9.93. The Balaban J connectivity index is 1.38. The molecule has 1 aromatic carbocycles. The zero-order chi connectivity index (χ0) is 19.1. The molecule has 2 N–H and O–H groups in total. The highest BCUT2D eigenvalue weighted by Gasteiger charge is 2.24. The summed E-state index contributed by atoms with van der Waals surface area (Å²) < 4.78 is 21.0. The number of aliphatic hydroxyl groups is 1. The molecule has 0 bridgehead atoms. The maximum atomic E-state index is 13.3. The molecule has 7 nitrogen and oxygen atoms in total.